The Balaban J connectivity index is 1.49. The van der Waals surface area contributed by atoms with Crippen molar-refractivity contribution in [1.29, 1.82) is 5.26 Å². The summed E-state index contributed by atoms with van der Waals surface area (Å²) in [7, 11) is 0. The zero-order chi connectivity index (χ0) is 24.6. The van der Waals surface area contributed by atoms with Gasteiger partial charge in [-0.25, -0.2) is 0 Å². The number of alkyl halides is 3. The lowest BCUT2D eigenvalue weighted by atomic mass is 10.1. The van der Waals surface area contributed by atoms with Gasteiger partial charge in [0.1, 0.15) is 12.4 Å². The number of hydrogen-bond acceptors (Lipinski definition) is 4. The van der Waals surface area contributed by atoms with Gasteiger partial charge in [-0.3, -0.25) is 9.59 Å². The van der Waals surface area contributed by atoms with Crippen LogP contribution in [0.5, 0.6) is 5.75 Å². The van der Waals surface area contributed by atoms with Gasteiger partial charge in [0.15, 0.2) is 0 Å². The third-order valence-electron chi connectivity index (χ3n) is 4.71. The van der Waals surface area contributed by atoms with Crippen LogP contribution in [-0.4, -0.2) is 18.4 Å². The maximum atomic E-state index is 12.6. The molecule has 0 aliphatic rings. The highest BCUT2D eigenvalue weighted by Crippen LogP contribution is 2.29. The molecular formula is C25H20F3N3O3. The van der Waals surface area contributed by atoms with Gasteiger partial charge in [-0.2, -0.15) is 18.4 Å². The largest absolute Gasteiger partial charge is 0.489 e. The van der Waals surface area contributed by atoms with Crippen LogP contribution in [0.25, 0.3) is 0 Å². The minimum Gasteiger partial charge on any atom is -0.489 e. The number of nitrogens with one attached hydrogen (secondary N) is 2. The van der Waals surface area contributed by atoms with Crippen molar-refractivity contribution in [1.82, 2.24) is 5.32 Å². The standard InChI is InChI=1S/C25H20F3N3O3/c26-25(27,28)20-8-6-19(7-9-20)24(33)30-15-23(32)31-21-3-1-2-18(14-21)16-34-22-10-4-17(5-11-22)12-13-29/h1-11,14H,12,15-16H2,(H,30,33)(H,31,32). The summed E-state index contributed by atoms with van der Waals surface area (Å²) in [6.45, 7) is -0.0956. The van der Waals surface area contributed by atoms with Crippen molar-refractivity contribution in [3.63, 3.8) is 0 Å². The number of carbonyl (C=O) groups excluding carboxylic acids is 2. The molecule has 0 aliphatic heterocycles. The minimum absolute atomic E-state index is 0.0144. The van der Waals surface area contributed by atoms with E-state index < -0.39 is 23.6 Å². The van der Waals surface area contributed by atoms with Crippen molar-refractivity contribution in [2.75, 3.05) is 11.9 Å². The zero-order valence-corrected chi connectivity index (χ0v) is 17.9. The SMILES string of the molecule is N#CCc1ccc(OCc2cccc(NC(=O)CNC(=O)c3ccc(C(F)(F)F)cc3)c2)cc1. The van der Waals surface area contributed by atoms with Crippen molar-refractivity contribution in [3.8, 4) is 11.8 Å². The maximum absolute atomic E-state index is 12.6. The summed E-state index contributed by atoms with van der Waals surface area (Å²) < 4.78 is 43.6. The molecule has 0 saturated carbocycles. The van der Waals surface area contributed by atoms with Gasteiger partial charge in [-0.1, -0.05) is 24.3 Å². The van der Waals surface area contributed by atoms with E-state index in [1.54, 1.807) is 30.3 Å². The van der Waals surface area contributed by atoms with Gasteiger partial charge >= 0.3 is 6.18 Å². The molecule has 0 radical (unpaired) electrons. The van der Waals surface area contributed by atoms with Crippen LogP contribution in [0.3, 0.4) is 0 Å². The van der Waals surface area contributed by atoms with Crippen LogP contribution >= 0.6 is 0 Å². The first-order valence-corrected chi connectivity index (χ1v) is 10.2. The van der Waals surface area contributed by atoms with Crippen molar-refractivity contribution < 1.29 is 27.5 Å². The predicted octanol–water partition coefficient (Wildman–Crippen LogP) is 4.72. The fourth-order valence-corrected chi connectivity index (χ4v) is 2.98. The van der Waals surface area contributed by atoms with E-state index in [2.05, 4.69) is 16.7 Å². The average Bonchev–Trinajstić information content (AvgIpc) is 2.82. The van der Waals surface area contributed by atoms with Crippen molar-refractivity contribution in [2.24, 2.45) is 0 Å². The summed E-state index contributed by atoms with van der Waals surface area (Å²) in [4.78, 5) is 24.3. The van der Waals surface area contributed by atoms with Crippen molar-refractivity contribution in [3.05, 3.63) is 95.1 Å². The number of rotatable bonds is 8. The van der Waals surface area contributed by atoms with E-state index in [9.17, 15) is 22.8 Å². The monoisotopic (exact) mass is 467 g/mol. The molecule has 0 fully saturated rings. The Morgan fingerprint density at radius 2 is 1.65 bits per heavy atom. The molecule has 0 spiro atoms. The molecule has 2 amide bonds. The number of halogens is 3. The second-order valence-electron chi connectivity index (χ2n) is 7.27. The second kappa shape index (κ2) is 11.0. The van der Waals surface area contributed by atoms with E-state index >= 15 is 0 Å². The molecule has 174 valence electrons. The fraction of sp³-hybridized carbons (Fsp3) is 0.160. The first-order chi connectivity index (χ1) is 16.2. The minimum atomic E-state index is -4.49. The molecular weight excluding hydrogens is 447 g/mol. The normalized spacial score (nSPS) is 10.8. The zero-order valence-electron chi connectivity index (χ0n) is 17.9. The van der Waals surface area contributed by atoms with Crippen molar-refractivity contribution in [2.45, 2.75) is 19.2 Å². The van der Waals surface area contributed by atoms with Crippen LogP contribution < -0.4 is 15.4 Å². The van der Waals surface area contributed by atoms with E-state index in [1.165, 1.54) is 0 Å². The van der Waals surface area contributed by atoms with E-state index in [0.717, 1.165) is 35.4 Å². The van der Waals surface area contributed by atoms with Gasteiger partial charge in [0, 0.05) is 11.3 Å². The third-order valence-corrected chi connectivity index (χ3v) is 4.71. The first kappa shape index (κ1) is 24.3. The summed E-state index contributed by atoms with van der Waals surface area (Å²) in [5.41, 5.74) is 1.35. The highest BCUT2D eigenvalue weighted by Gasteiger charge is 2.30. The van der Waals surface area contributed by atoms with Gasteiger partial charge in [0.25, 0.3) is 5.91 Å². The number of nitriles is 1. The number of nitrogens with zero attached hydrogens (tertiary/aromatic N) is 1. The molecule has 0 aromatic heterocycles. The second-order valence-corrected chi connectivity index (χ2v) is 7.27. The van der Waals surface area contributed by atoms with Crippen LogP contribution in [0.15, 0.2) is 72.8 Å². The summed E-state index contributed by atoms with van der Waals surface area (Å²) in [5.74, 6) is -0.514. The molecule has 2 N–H and O–H groups in total. The van der Waals surface area contributed by atoms with Gasteiger partial charge < -0.3 is 15.4 Å². The average molecular weight is 467 g/mol. The number of carbonyl (C=O) groups is 2. The van der Waals surface area contributed by atoms with Crippen LogP contribution in [0.1, 0.15) is 27.0 Å². The molecule has 34 heavy (non-hydrogen) atoms. The smallest absolute Gasteiger partial charge is 0.416 e. The third kappa shape index (κ3) is 7.10. The lowest BCUT2D eigenvalue weighted by Crippen LogP contribution is -2.32. The Bertz CT molecular complexity index is 1190. The quantitative estimate of drug-likeness (QED) is 0.502. The maximum Gasteiger partial charge on any atom is 0.416 e. The Morgan fingerprint density at radius 1 is 0.941 bits per heavy atom. The molecule has 0 unspecified atom stereocenters. The summed E-state index contributed by atoms with van der Waals surface area (Å²) in [6.07, 6.45) is -4.16. The van der Waals surface area contributed by atoms with E-state index in [0.29, 0.717) is 17.9 Å². The Hall–Kier alpha value is -4.32. The summed E-state index contributed by atoms with van der Waals surface area (Å²) >= 11 is 0. The molecule has 9 heteroatoms. The van der Waals surface area contributed by atoms with Crippen LogP contribution in [0, 0.1) is 11.3 Å². The number of hydrogen-bond donors (Lipinski definition) is 2. The highest BCUT2D eigenvalue weighted by molar-refractivity contribution is 5.99. The molecule has 0 atom stereocenters. The summed E-state index contributed by atoms with van der Waals surface area (Å²) in [5, 5.41) is 13.7. The Kier molecular flexibility index (Phi) is 7.88. The summed E-state index contributed by atoms with van der Waals surface area (Å²) in [6, 6.07) is 19.9. The van der Waals surface area contributed by atoms with Crippen LogP contribution in [-0.2, 0) is 24.0 Å². The number of ether oxygens (including phenoxy) is 1. The molecule has 3 aromatic rings. The Labute approximate surface area is 194 Å². The molecule has 0 bridgehead atoms. The molecule has 3 rings (SSSR count). The van der Waals surface area contributed by atoms with E-state index in [4.69, 9.17) is 10.00 Å². The number of benzene rings is 3. The van der Waals surface area contributed by atoms with E-state index in [1.807, 2.05) is 18.2 Å². The van der Waals surface area contributed by atoms with Gasteiger partial charge in [0.2, 0.25) is 5.91 Å². The first-order valence-electron chi connectivity index (χ1n) is 10.2. The molecule has 0 saturated heterocycles. The predicted molar refractivity (Wildman–Crippen MR) is 119 cm³/mol. The van der Waals surface area contributed by atoms with Gasteiger partial charge in [-0.05, 0) is 59.7 Å². The van der Waals surface area contributed by atoms with Gasteiger partial charge in [0.05, 0.1) is 24.6 Å². The lowest BCUT2D eigenvalue weighted by molar-refractivity contribution is -0.137. The number of anilines is 1. The fourth-order valence-electron chi connectivity index (χ4n) is 2.98. The highest BCUT2D eigenvalue weighted by atomic mass is 19.4. The van der Waals surface area contributed by atoms with Crippen molar-refractivity contribution >= 4 is 17.5 Å². The van der Waals surface area contributed by atoms with Gasteiger partial charge in [-0.15, -0.1) is 0 Å². The molecule has 3 aromatic carbocycles. The van der Waals surface area contributed by atoms with E-state index in [-0.39, 0.29) is 18.7 Å². The molecule has 6 nitrogen and oxygen atoms in total. The lowest BCUT2D eigenvalue weighted by Gasteiger charge is -2.10. The number of amides is 2. The van der Waals surface area contributed by atoms with Crippen LogP contribution in [0.2, 0.25) is 0 Å². The topological polar surface area (TPSA) is 91.2 Å². The molecule has 0 aliphatic carbocycles. The Morgan fingerprint density at radius 3 is 2.29 bits per heavy atom. The molecule has 0 heterocycles. The van der Waals surface area contributed by atoms with Crippen LogP contribution in [0.4, 0.5) is 18.9 Å².